The van der Waals surface area contributed by atoms with Crippen molar-refractivity contribution in [2.75, 3.05) is 18.4 Å². The molecular weight excluding hydrogens is 306 g/mol. The lowest BCUT2D eigenvalue weighted by Gasteiger charge is -2.20. The van der Waals surface area contributed by atoms with Gasteiger partial charge in [0.05, 0.1) is 13.1 Å². The second-order valence-corrected chi connectivity index (χ2v) is 5.36. The van der Waals surface area contributed by atoms with E-state index in [1.165, 1.54) is 6.33 Å². The highest BCUT2D eigenvalue weighted by atomic mass is 79.9. The zero-order valence-electron chi connectivity index (χ0n) is 10.7. The first kappa shape index (κ1) is 15.5. The van der Waals surface area contributed by atoms with Crippen molar-refractivity contribution in [2.24, 2.45) is 5.92 Å². The first-order chi connectivity index (χ1) is 8.52. The third kappa shape index (κ3) is 5.39. The van der Waals surface area contributed by atoms with Crippen molar-refractivity contribution in [2.45, 2.75) is 33.4 Å². The molecular formula is C11H19BrF2N4. The maximum absolute atomic E-state index is 12.4. The lowest BCUT2D eigenvalue weighted by Crippen LogP contribution is -2.31. The van der Waals surface area contributed by atoms with Gasteiger partial charge in [-0.2, -0.15) is 5.10 Å². The number of nitrogens with zero attached hydrogens (tertiary/aromatic N) is 4. The lowest BCUT2D eigenvalue weighted by atomic mass is 10.2. The summed E-state index contributed by atoms with van der Waals surface area (Å²) in [5, 5.41) is 4.79. The maximum Gasteiger partial charge on any atom is 0.251 e. The Kier molecular flexibility index (Phi) is 6.70. The smallest absolute Gasteiger partial charge is 0.251 e. The van der Waals surface area contributed by atoms with Gasteiger partial charge in [-0.1, -0.05) is 29.8 Å². The second-order valence-electron chi connectivity index (χ2n) is 4.57. The van der Waals surface area contributed by atoms with Gasteiger partial charge in [-0.25, -0.2) is 18.4 Å². The molecule has 1 aromatic heterocycles. The van der Waals surface area contributed by atoms with Gasteiger partial charge in [0.25, 0.3) is 6.43 Å². The fourth-order valence-corrected chi connectivity index (χ4v) is 2.16. The third-order valence-corrected chi connectivity index (χ3v) is 2.75. The Bertz CT molecular complexity index is 344. The first-order valence-corrected chi connectivity index (χ1v) is 7.08. The van der Waals surface area contributed by atoms with Crippen molar-refractivity contribution >= 4 is 15.9 Å². The van der Waals surface area contributed by atoms with Gasteiger partial charge in [0, 0.05) is 18.4 Å². The summed E-state index contributed by atoms with van der Waals surface area (Å²) < 4.78 is 26.7. The molecule has 0 aliphatic carbocycles. The Balaban J connectivity index is 2.64. The molecule has 0 saturated carbocycles. The number of hydrogen-bond donors (Lipinski definition) is 0. The molecule has 0 saturated heterocycles. The summed E-state index contributed by atoms with van der Waals surface area (Å²) in [5.41, 5.74) is 0. The van der Waals surface area contributed by atoms with Crippen LogP contribution in [0.2, 0.25) is 0 Å². The molecule has 0 aliphatic heterocycles. The summed E-state index contributed by atoms with van der Waals surface area (Å²) >= 11 is 3.27. The zero-order valence-corrected chi connectivity index (χ0v) is 12.3. The summed E-state index contributed by atoms with van der Waals surface area (Å²) in [6, 6.07) is 0. The van der Waals surface area contributed by atoms with Crippen molar-refractivity contribution in [3.63, 3.8) is 0 Å². The highest BCUT2D eigenvalue weighted by Crippen LogP contribution is 2.07. The minimum atomic E-state index is -2.33. The van der Waals surface area contributed by atoms with Crippen LogP contribution >= 0.6 is 15.9 Å². The predicted octanol–water partition coefficient (Wildman–Crippen LogP) is 2.40. The quantitative estimate of drug-likeness (QED) is 0.688. The Hall–Kier alpha value is -0.560. The Morgan fingerprint density at radius 2 is 2.17 bits per heavy atom. The van der Waals surface area contributed by atoms with E-state index in [0.29, 0.717) is 24.3 Å². The van der Waals surface area contributed by atoms with Crippen LogP contribution in [0, 0.1) is 5.92 Å². The molecule has 104 valence electrons. The average molecular weight is 325 g/mol. The van der Waals surface area contributed by atoms with Gasteiger partial charge in [0.2, 0.25) is 0 Å². The van der Waals surface area contributed by atoms with Gasteiger partial charge in [-0.05, 0) is 5.92 Å². The van der Waals surface area contributed by atoms with Gasteiger partial charge in [0.15, 0.2) is 0 Å². The van der Waals surface area contributed by atoms with Crippen LogP contribution < -0.4 is 0 Å². The standard InChI is InChI=1S/C11H19BrF2N4/c1-9(2)5-18-11(15-8-16-18)7-17(4-3-12)6-10(13)14/h8-10H,3-7H2,1-2H3. The zero-order chi connectivity index (χ0) is 13.5. The SMILES string of the molecule is CC(C)Cn1ncnc1CN(CCBr)CC(F)F. The number of aromatic nitrogens is 3. The molecule has 0 fully saturated rings. The van der Waals surface area contributed by atoms with Crippen LogP contribution in [-0.4, -0.2) is 44.5 Å². The lowest BCUT2D eigenvalue weighted by molar-refractivity contribution is 0.0860. The van der Waals surface area contributed by atoms with Crippen LogP contribution in [0.15, 0.2) is 6.33 Å². The molecule has 4 nitrogen and oxygen atoms in total. The van der Waals surface area contributed by atoms with Gasteiger partial charge in [0.1, 0.15) is 12.2 Å². The van der Waals surface area contributed by atoms with E-state index in [1.54, 1.807) is 9.58 Å². The molecule has 0 bridgehead atoms. The molecule has 1 rings (SSSR count). The van der Waals surface area contributed by atoms with Gasteiger partial charge in [-0.15, -0.1) is 0 Å². The molecule has 7 heteroatoms. The van der Waals surface area contributed by atoms with Crippen LogP contribution in [0.4, 0.5) is 8.78 Å². The third-order valence-electron chi connectivity index (χ3n) is 2.40. The Labute approximate surface area is 115 Å². The molecule has 0 atom stereocenters. The van der Waals surface area contributed by atoms with Crippen molar-refractivity contribution in [1.82, 2.24) is 19.7 Å². The van der Waals surface area contributed by atoms with Gasteiger partial charge in [-0.3, -0.25) is 4.90 Å². The normalized spacial score (nSPS) is 12.0. The van der Waals surface area contributed by atoms with Crippen LogP contribution in [0.3, 0.4) is 0 Å². The summed E-state index contributed by atoms with van der Waals surface area (Å²) in [5.74, 6) is 1.19. The van der Waals surface area contributed by atoms with E-state index in [1.807, 2.05) is 0 Å². The molecule has 0 unspecified atom stereocenters. The molecule has 0 N–H and O–H groups in total. The van der Waals surface area contributed by atoms with Crippen LogP contribution in [0.25, 0.3) is 0 Å². The van der Waals surface area contributed by atoms with Gasteiger partial charge >= 0.3 is 0 Å². The molecule has 0 amide bonds. The maximum atomic E-state index is 12.4. The second kappa shape index (κ2) is 7.78. The predicted molar refractivity (Wildman–Crippen MR) is 69.9 cm³/mol. The minimum absolute atomic E-state index is 0.236. The Morgan fingerprint density at radius 1 is 1.44 bits per heavy atom. The molecule has 0 radical (unpaired) electrons. The minimum Gasteiger partial charge on any atom is -0.289 e. The number of halogens is 3. The summed E-state index contributed by atoms with van der Waals surface area (Å²) in [6.07, 6.45) is -0.850. The van der Waals surface area contributed by atoms with Crippen molar-refractivity contribution in [3.8, 4) is 0 Å². The topological polar surface area (TPSA) is 34.0 Å². The van der Waals surface area contributed by atoms with Gasteiger partial charge < -0.3 is 0 Å². The van der Waals surface area contributed by atoms with E-state index in [0.717, 1.165) is 12.4 Å². The van der Waals surface area contributed by atoms with E-state index >= 15 is 0 Å². The number of hydrogen-bond acceptors (Lipinski definition) is 3. The van der Waals surface area contributed by atoms with Crippen molar-refractivity contribution < 1.29 is 8.78 Å². The van der Waals surface area contributed by atoms with Crippen molar-refractivity contribution in [1.29, 1.82) is 0 Å². The molecule has 0 spiro atoms. The van der Waals surface area contributed by atoms with Crippen LogP contribution in [0.5, 0.6) is 0 Å². The average Bonchev–Trinajstić information content (AvgIpc) is 2.64. The molecule has 0 aromatic carbocycles. The molecule has 1 aromatic rings. The monoisotopic (exact) mass is 324 g/mol. The van der Waals surface area contributed by atoms with Crippen LogP contribution in [0.1, 0.15) is 19.7 Å². The van der Waals surface area contributed by atoms with Crippen molar-refractivity contribution in [3.05, 3.63) is 12.2 Å². The summed E-state index contributed by atoms with van der Waals surface area (Å²) in [6.45, 7) is 5.66. The summed E-state index contributed by atoms with van der Waals surface area (Å²) in [7, 11) is 0. The first-order valence-electron chi connectivity index (χ1n) is 5.96. The van der Waals surface area contributed by atoms with E-state index in [4.69, 9.17) is 0 Å². The number of alkyl halides is 3. The van der Waals surface area contributed by atoms with E-state index in [2.05, 4.69) is 39.9 Å². The van der Waals surface area contributed by atoms with E-state index < -0.39 is 6.43 Å². The molecule has 0 aliphatic rings. The summed E-state index contributed by atoms with van der Waals surface area (Å²) in [4.78, 5) is 5.83. The fourth-order valence-electron chi connectivity index (χ4n) is 1.66. The fraction of sp³-hybridized carbons (Fsp3) is 0.818. The highest BCUT2D eigenvalue weighted by molar-refractivity contribution is 9.09. The largest absolute Gasteiger partial charge is 0.289 e. The van der Waals surface area contributed by atoms with E-state index in [9.17, 15) is 8.78 Å². The van der Waals surface area contributed by atoms with Crippen LogP contribution in [-0.2, 0) is 13.1 Å². The Morgan fingerprint density at radius 3 is 2.72 bits per heavy atom. The molecule has 1 heterocycles. The number of rotatable bonds is 8. The highest BCUT2D eigenvalue weighted by Gasteiger charge is 2.15. The molecule has 18 heavy (non-hydrogen) atoms. The van der Waals surface area contributed by atoms with E-state index in [-0.39, 0.29) is 6.54 Å².